The first-order valence-electron chi connectivity index (χ1n) is 9.72. The second-order valence-corrected chi connectivity index (χ2v) is 6.85. The zero-order chi connectivity index (χ0) is 19.9. The van der Waals surface area contributed by atoms with Crippen LogP contribution in [0.15, 0.2) is 48.5 Å². The van der Waals surface area contributed by atoms with Crippen molar-refractivity contribution in [3.63, 3.8) is 0 Å². The maximum Gasteiger partial charge on any atom is 0.318 e. The van der Waals surface area contributed by atoms with E-state index >= 15 is 0 Å². The number of hydrogen-bond acceptors (Lipinski definition) is 3. The first-order chi connectivity index (χ1) is 13.6. The number of nitrogens with zero attached hydrogens (tertiary/aromatic N) is 1. The normalized spacial score (nSPS) is 15.9. The molecule has 6 heteroatoms. The number of nitrogens with one attached hydrogen (secondary N) is 2. The fourth-order valence-electron chi connectivity index (χ4n) is 3.45. The van der Waals surface area contributed by atoms with Crippen LogP contribution in [0.2, 0.25) is 0 Å². The molecule has 148 valence electrons. The molecule has 1 aliphatic heterocycles. The fraction of sp³-hybridized carbons (Fsp3) is 0.364. The highest BCUT2D eigenvalue weighted by molar-refractivity contribution is 6.00. The van der Waals surface area contributed by atoms with Crippen molar-refractivity contribution in [2.24, 2.45) is 0 Å². The zero-order valence-corrected chi connectivity index (χ0v) is 16.4. The van der Waals surface area contributed by atoms with Gasteiger partial charge < -0.3 is 20.3 Å². The van der Waals surface area contributed by atoms with Crippen molar-refractivity contribution < 1.29 is 14.3 Å². The van der Waals surface area contributed by atoms with Crippen molar-refractivity contribution in [3.05, 3.63) is 48.5 Å². The summed E-state index contributed by atoms with van der Waals surface area (Å²) in [5.41, 5.74) is 2.65. The highest BCUT2D eigenvalue weighted by Crippen LogP contribution is 2.30. The molecule has 0 radical (unpaired) electrons. The summed E-state index contributed by atoms with van der Waals surface area (Å²) in [4.78, 5) is 26.9. The van der Waals surface area contributed by atoms with Crippen LogP contribution >= 0.6 is 0 Å². The van der Waals surface area contributed by atoms with Crippen molar-refractivity contribution in [2.75, 3.05) is 25.5 Å². The van der Waals surface area contributed by atoms with Gasteiger partial charge in [-0.1, -0.05) is 37.3 Å². The Morgan fingerprint density at radius 1 is 1.14 bits per heavy atom. The van der Waals surface area contributed by atoms with Gasteiger partial charge in [0, 0.05) is 24.3 Å². The third-order valence-corrected chi connectivity index (χ3v) is 4.93. The monoisotopic (exact) mass is 381 g/mol. The van der Waals surface area contributed by atoms with Gasteiger partial charge in [0.2, 0.25) is 5.91 Å². The molecule has 6 nitrogen and oxygen atoms in total. The minimum Gasteiger partial charge on any atom is -0.497 e. The average molecular weight is 381 g/mol. The van der Waals surface area contributed by atoms with Gasteiger partial charge in [-0.15, -0.1) is 0 Å². The molecule has 2 N–H and O–H groups in total. The van der Waals surface area contributed by atoms with Crippen LogP contribution in [-0.2, 0) is 4.79 Å². The van der Waals surface area contributed by atoms with Crippen molar-refractivity contribution in [1.82, 2.24) is 10.2 Å². The molecule has 1 heterocycles. The van der Waals surface area contributed by atoms with E-state index in [1.54, 1.807) is 12.0 Å². The Balaban J connectivity index is 1.76. The van der Waals surface area contributed by atoms with Crippen LogP contribution < -0.4 is 15.4 Å². The van der Waals surface area contributed by atoms with Gasteiger partial charge in [0.05, 0.1) is 7.11 Å². The van der Waals surface area contributed by atoms with Gasteiger partial charge in [-0.2, -0.15) is 0 Å². The molecule has 2 aromatic rings. The number of anilines is 1. The number of hydrogen-bond donors (Lipinski definition) is 2. The second-order valence-electron chi connectivity index (χ2n) is 6.85. The molecule has 1 saturated heterocycles. The summed E-state index contributed by atoms with van der Waals surface area (Å²) < 4.78 is 5.22. The number of carbonyl (C=O) groups excluding carboxylic acids is 2. The van der Waals surface area contributed by atoms with E-state index in [1.165, 1.54) is 0 Å². The average Bonchev–Trinajstić information content (AvgIpc) is 3.23. The first kappa shape index (κ1) is 19.7. The smallest absolute Gasteiger partial charge is 0.318 e. The number of rotatable bonds is 6. The Labute approximate surface area is 165 Å². The number of benzene rings is 2. The Morgan fingerprint density at radius 2 is 1.89 bits per heavy atom. The third kappa shape index (κ3) is 4.44. The molecular weight excluding hydrogens is 354 g/mol. The number of carbonyl (C=O) groups is 2. The van der Waals surface area contributed by atoms with E-state index in [4.69, 9.17) is 4.74 Å². The minimum absolute atomic E-state index is 0.148. The molecule has 0 aromatic heterocycles. The predicted molar refractivity (Wildman–Crippen MR) is 110 cm³/mol. The third-order valence-electron chi connectivity index (χ3n) is 4.93. The van der Waals surface area contributed by atoms with E-state index < -0.39 is 6.04 Å². The van der Waals surface area contributed by atoms with Crippen molar-refractivity contribution in [1.29, 1.82) is 0 Å². The number of ether oxygens (including phenoxy) is 1. The molecule has 0 bridgehead atoms. The fourth-order valence-corrected chi connectivity index (χ4v) is 3.45. The van der Waals surface area contributed by atoms with Gasteiger partial charge in [-0.05, 0) is 43.0 Å². The number of para-hydroxylation sites is 1. The molecule has 1 atom stereocenters. The molecule has 0 spiro atoms. The Morgan fingerprint density at radius 3 is 2.61 bits per heavy atom. The molecule has 1 fully saturated rings. The van der Waals surface area contributed by atoms with Gasteiger partial charge in [0.1, 0.15) is 11.8 Å². The molecule has 28 heavy (non-hydrogen) atoms. The van der Waals surface area contributed by atoms with Crippen LogP contribution in [0.1, 0.15) is 26.2 Å². The Bertz CT molecular complexity index is 820. The maximum atomic E-state index is 12.9. The summed E-state index contributed by atoms with van der Waals surface area (Å²) in [7, 11) is 1.63. The quantitative estimate of drug-likeness (QED) is 0.798. The molecule has 1 aliphatic rings. The summed E-state index contributed by atoms with van der Waals surface area (Å²) in [6.45, 7) is 3.22. The van der Waals surface area contributed by atoms with E-state index in [-0.39, 0.29) is 11.9 Å². The molecular formula is C22H27N3O3. The molecule has 0 unspecified atom stereocenters. The largest absolute Gasteiger partial charge is 0.497 e. The molecule has 3 rings (SSSR count). The van der Waals surface area contributed by atoms with E-state index in [9.17, 15) is 9.59 Å². The molecule has 2 aromatic carbocycles. The van der Waals surface area contributed by atoms with Crippen molar-refractivity contribution >= 4 is 17.6 Å². The number of methoxy groups -OCH3 is 1. The van der Waals surface area contributed by atoms with Gasteiger partial charge in [0.15, 0.2) is 0 Å². The Kier molecular flexibility index (Phi) is 6.53. The Hall–Kier alpha value is -3.02. The van der Waals surface area contributed by atoms with E-state index in [1.807, 2.05) is 55.5 Å². The second kappa shape index (κ2) is 9.26. The zero-order valence-electron chi connectivity index (χ0n) is 16.4. The summed E-state index contributed by atoms with van der Waals surface area (Å²) in [6, 6.07) is 14.8. The van der Waals surface area contributed by atoms with Crippen LogP contribution in [-0.4, -0.2) is 43.1 Å². The maximum absolute atomic E-state index is 12.9. The van der Waals surface area contributed by atoms with Gasteiger partial charge in [0.25, 0.3) is 0 Å². The van der Waals surface area contributed by atoms with Crippen LogP contribution in [0, 0.1) is 0 Å². The molecule has 3 amide bonds. The van der Waals surface area contributed by atoms with Crippen LogP contribution in [0.5, 0.6) is 5.75 Å². The minimum atomic E-state index is -0.444. The summed E-state index contributed by atoms with van der Waals surface area (Å²) in [5.74, 6) is 0.634. The number of amides is 3. The highest BCUT2D eigenvalue weighted by atomic mass is 16.5. The standard InChI is InChI=1S/C22H27N3O3/c1-3-14-23-22(27)25-15-6-9-20(25)21(26)24-19-8-5-4-7-18(19)16-10-12-17(28-2)13-11-16/h4-5,7-8,10-13,20H,3,6,9,14-15H2,1-2H3,(H,23,27)(H,24,26)/t20-/m0/s1. The van der Waals surface area contributed by atoms with E-state index in [2.05, 4.69) is 10.6 Å². The first-order valence-corrected chi connectivity index (χ1v) is 9.72. The van der Waals surface area contributed by atoms with Crippen molar-refractivity contribution in [2.45, 2.75) is 32.2 Å². The summed E-state index contributed by atoms with van der Waals surface area (Å²) in [6.07, 6.45) is 2.37. The topological polar surface area (TPSA) is 70.7 Å². The SMILES string of the molecule is CCCNC(=O)N1CCC[C@H]1C(=O)Nc1ccccc1-c1ccc(OC)cc1. The molecule has 0 aliphatic carbocycles. The lowest BCUT2D eigenvalue weighted by atomic mass is 10.0. The van der Waals surface area contributed by atoms with Crippen LogP contribution in [0.25, 0.3) is 11.1 Å². The summed E-state index contributed by atoms with van der Waals surface area (Å²) >= 11 is 0. The lowest BCUT2D eigenvalue weighted by molar-refractivity contribution is -0.119. The van der Waals surface area contributed by atoms with Crippen LogP contribution in [0.4, 0.5) is 10.5 Å². The van der Waals surface area contributed by atoms with Gasteiger partial charge in [-0.3, -0.25) is 4.79 Å². The lowest BCUT2D eigenvalue weighted by Gasteiger charge is -2.24. The van der Waals surface area contributed by atoms with Gasteiger partial charge in [-0.25, -0.2) is 4.79 Å². The number of likely N-dealkylation sites (tertiary alicyclic amines) is 1. The van der Waals surface area contributed by atoms with Crippen LogP contribution in [0.3, 0.4) is 0 Å². The molecule has 0 saturated carbocycles. The van der Waals surface area contributed by atoms with Gasteiger partial charge >= 0.3 is 6.03 Å². The number of urea groups is 1. The predicted octanol–water partition coefficient (Wildman–Crippen LogP) is 3.88. The lowest BCUT2D eigenvalue weighted by Crippen LogP contribution is -2.47. The highest BCUT2D eigenvalue weighted by Gasteiger charge is 2.34. The van der Waals surface area contributed by atoms with E-state index in [0.717, 1.165) is 35.4 Å². The van der Waals surface area contributed by atoms with Crippen molar-refractivity contribution in [3.8, 4) is 16.9 Å². The summed E-state index contributed by atoms with van der Waals surface area (Å²) in [5, 5.41) is 5.89. The van der Waals surface area contributed by atoms with E-state index in [0.29, 0.717) is 19.5 Å².